The monoisotopic (exact) mass is 344 g/mol. The largest absolute Gasteiger partial charge is 0.507 e. The number of benzene rings is 2. The van der Waals surface area contributed by atoms with Crippen LogP contribution in [0.2, 0.25) is 15.1 Å². The Morgan fingerprint density at radius 1 is 0.857 bits per heavy atom. The van der Waals surface area contributed by atoms with E-state index < -0.39 is 0 Å². The molecule has 0 saturated carbocycles. The lowest BCUT2D eigenvalue weighted by Crippen LogP contribution is -1.97. The van der Waals surface area contributed by atoms with Crippen molar-refractivity contribution in [2.24, 2.45) is 0 Å². The van der Waals surface area contributed by atoms with E-state index in [4.69, 9.17) is 39.5 Å². The van der Waals surface area contributed by atoms with E-state index in [1.165, 1.54) is 7.11 Å². The van der Waals surface area contributed by atoms with Crippen LogP contribution in [0.4, 0.5) is 0 Å². The number of halogens is 3. The van der Waals surface area contributed by atoms with Crippen molar-refractivity contribution in [1.82, 2.24) is 0 Å². The van der Waals surface area contributed by atoms with Crippen molar-refractivity contribution in [3.8, 4) is 22.6 Å². The van der Waals surface area contributed by atoms with Crippen molar-refractivity contribution in [2.75, 3.05) is 7.11 Å². The fraction of sp³-hybridized carbons (Fsp3) is 0.250. The lowest BCUT2D eigenvalue weighted by molar-refractivity contribution is 0.412. The molecule has 0 radical (unpaired) electrons. The molecule has 0 saturated heterocycles. The fourth-order valence-corrected chi connectivity index (χ4v) is 3.09. The first-order chi connectivity index (χ1) is 9.81. The molecule has 5 heteroatoms. The van der Waals surface area contributed by atoms with E-state index in [-0.39, 0.29) is 15.8 Å². The van der Waals surface area contributed by atoms with Crippen LogP contribution in [-0.2, 0) is 0 Å². The van der Waals surface area contributed by atoms with Gasteiger partial charge in [0.1, 0.15) is 11.5 Å². The number of rotatable bonds is 2. The predicted molar refractivity (Wildman–Crippen MR) is 89.3 cm³/mol. The molecule has 0 unspecified atom stereocenters. The normalized spacial score (nSPS) is 10.8. The van der Waals surface area contributed by atoms with Crippen molar-refractivity contribution in [1.29, 1.82) is 0 Å². The number of ether oxygens (including phenoxy) is 1. The minimum Gasteiger partial charge on any atom is -0.507 e. The summed E-state index contributed by atoms with van der Waals surface area (Å²) in [6, 6.07) is 3.48. The number of phenolic OH excluding ortho intramolecular Hbond substituents is 1. The van der Waals surface area contributed by atoms with Gasteiger partial charge in [-0.15, -0.1) is 0 Å². The van der Waals surface area contributed by atoms with Gasteiger partial charge in [-0.1, -0.05) is 40.9 Å². The summed E-state index contributed by atoms with van der Waals surface area (Å²) in [4.78, 5) is 0. The van der Waals surface area contributed by atoms with E-state index in [0.717, 1.165) is 11.1 Å². The summed E-state index contributed by atoms with van der Waals surface area (Å²) in [5.74, 6) is 0.634. The first-order valence-electron chi connectivity index (χ1n) is 6.31. The van der Waals surface area contributed by atoms with Crippen molar-refractivity contribution < 1.29 is 9.84 Å². The molecule has 0 aromatic heterocycles. The summed E-state index contributed by atoms with van der Waals surface area (Å²) in [5, 5.41) is 11.2. The molecule has 0 bridgehead atoms. The summed E-state index contributed by atoms with van der Waals surface area (Å²) >= 11 is 18.8. The van der Waals surface area contributed by atoms with E-state index in [0.29, 0.717) is 27.5 Å². The Balaban J connectivity index is 2.98. The van der Waals surface area contributed by atoms with Gasteiger partial charge in [-0.2, -0.15) is 0 Å². The van der Waals surface area contributed by atoms with Gasteiger partial charge >= 0.3 is 0 Å². The Kier molecular flexibility index (Phi) is 4.62. The number of aryl methyl sites for hydroxylation is 1. The van der Waals surface area contributed by atoms with E-state index >= 15 is 0 Å². The van der Waals surface area contributed by atoms with Crippen molar-refractivity contribution in [3.63, 3.8) is 0 Å². The molecule has 0 aliphatic carbocycles. The van der Waals surface area contributed by atoms with Crippen LogP contribution in [0.3, 0.4) is 0 Å². The van der Waals surface area contributed by atoms with Crippen molar-refractivity contribution in [2.45, 2.75) is 20.8 Å². The molecule has 0 fully saturated rings. The number of phenols is 1. The average Bonchev–Trinajstić information content (AvgIpc) is 2.46. The lowest BCUT2D eigenvalue weighted by Gasteiger charge is -2.19. The van der Waals surface area contributed by atoms with E-state index in [1.807, 2.05) is 19.9 Å². The van der Waals surface area contributed by atoms with Crippen LogP contribution >= 0.6 is 34.8 Å². The molecule has 2 rings (SSSR count). The SMILES string of the molecule is COc1c(C)c(Cl)c(Cl)c(Cl)c1-c1c(O)ccc(C)c1C. The minimum absolute atomic E-state index is 0.121. The first-order valence-corrected chi connectivity index (χ1v) is 7.45. The smallest absolute Gasteiger partial charge is 0.132 e. The van der Waals surface area contributed by atoms with Crippen molar-refractivity contribution in [3.05, 3.63) is 43.9 Å². The summed E-state index contributed by atoms with van der Waals surface area (Å²) in [5.41, 5.74) is 3.80. The molecule has 0 atom stereocenters. The molecule has 2 nitrogen and oxygen atoms in total. The fourth-order valence-electron chi connectivity index (χ4n) is 2.35. The lowest BCUT2D eigenvalue weighted by atomic mass is 9.94. The Bertz CT molecular complexity index is 724. The molecule has 0 amide bonds. The van der Waals surface area contributed by atoms with Gasteiger partial charge in [-0.25, -0.2) is 0 Å². The van der Waals surface area contributed by atoms with Gasteiger partial charge in [-0.3, -0.25) is 0 Å². The summed E-state index contributed by atoms with van der Waals surface area (Å²) in [7, 11) is 1.54. The highest BCUT2D eigenvalue weighted by atomic mass is 35.5. The average molecular weight is 346 g/mol. The second-order valence-corrected chi connectivity index (χ2v) is 6.01. The molecule has 0 aliphatic rings. The minimum atomic E-state index is 0.121. The molecule has 21 heavy (non-hydrogen) atoms. The van der Waals surface area contributed by atoms with Gasteiger partial charge < -0.3 is 9.84 Å². The summed E-state index contributed by atoms with van der Waals surface area (Å²) < 4.78 is 5.46. The van der Waals surface area contributed by atoms with Crippen LogP contribution in [0.15, 0.2) is 12.1 Å². The number of hydrogen-bond donors (Lipinski definition) is 1. The van der Waals surface area contributed by atoms with Gasteiger partial charge in [0.15, 0.2) is 0 Å². The Morgan fingerprint density at radius 2 is 1.48 bits per heavy atom. The third-order valence-corrected chi connectivity index (χ3v) is 5.09. The van der Waals surface area contributed by atoms with Crippen LogP contribution in [0.1, 0.15) is 16.7 Å². The van der Waals surface area contributed by atoms with Crippen LogP contribution < -0.4 is 4.74 Å². The highest BCUT2D eigenvalue weighted by molar-refractivity contribution is 6.50. The Labute approximate surface area is 139 Å². The third kappa shape index (κ3) is 2.57. The quantitative estimate of drug-likeness (QED) is 0.681. The highest BCUT2D eigenvalue weighted by Crippen LogP contribution is 2.50. The second-order valence-electron chi connectivity index (χ2n) is 4.88. The van der Waals surface area contributed by atoms with Gasteiger partial charge in [0.2, 0.25) is 0 Å². The molecule has 2 aromatic rings. The third-order valence-electron chi connectivity index (χ3n) is 3.67. The Morgan fingerprint density at radius 3 is 2.05 bits per heavy atom. The molecule has 112 valence electrons. The standard InChI is InChI=1S/C16H15Cl3O2/c1-7-5-6-10(20)11(8(7)2)12-14(18)15(19)13(17)9(3)16(12)21-4/h5-6,20H,1-4H3. The molecule has 0 spiro atoms. The van der Waals surface area contributed by atoms with Gasteiger partial charge in [0, 0.05) is 16.7 Å². The molecular weight excluding hydrogens is 331 g/mol. The van der Waals surface area contributed by atoms with Gasteiger partial charge in [0.25, 0.3) is 0 Å². The molecule has 0 heterocycles. The topological polar surface area (TPSA) is 29.5 Å². The number of aromatic hydroxyl groups is 1. The number of methoxy groups -OCH3 is 1. The van der Waals surface area contributed by atoms with Crippen LogP contribution in [0.25, 0.3) is 11.1 Å². The predicted octanol–water partition coefficient (Wildman–Crippen LogP) is 5.95. The van der Waals surface area contributed by atoms with Crippen molar-refractivity contribution >= 4 is 34.8 Å². The van der Waals surface area contributed by atoms with Gasteiger partial charge in [-0.05, 0) is 38.0 Å². The summed E-state index contributed by atoms with van der Waals surface area (Å²) in [6.45, 7) is 5.68. The van der Waals surface area contributed by atoms with Crippen LogP contribution in [0, 0.1) is 20.8 Å². The molecule has 0 aliphatic heterocycles. The summed E-state index contributed by atoms with van der Waals surface area (Å²) in [6.07, 6.45) is 0. The first kappa shape index (κ1) is 16.3. The molecule has 1 N–H and O–H groups in total. The Hall–Kier alpha value is -1.09. The molecular formula is C16H15Cl3O2. The number of hydrogen-bond acceptors (Lipinski definition) is 2. The van der Waals surface area contributed by atoms with Crippen LogP contribution in [0.5, 0.6) is 11.5 Å². The zero-order valence-corrected chi connectivity index (χ0v) is 14.4. The van der Waals surface area contributed by atoms with E-state index in [1.54, 1.807) is 13.0 Å². The highest BCUT2D eigenvalue weighted by Gasteiger charge is 2.24. The maximum Gasteiger partial charge on any atom is 0.132 e. The zero-order valence-electron chi connectivity index (χ0n) is 12.1. The van der Waals surface area contributed by atoms with E-state index in [9.17, 15) is 5.11 Å². The second kappa shape index (κ2) is 5.96. The zero-order chi connectivity index (χ0) is 15.9. The van der Waals surface area contributed by atoms with Gasteiger partial charge in [0.05, 0.1) is 22.2 Å². The van der Waals surface area contributed by atoms with Crippen LogP contribution in [-0.4, -0.2) is 12.2 Å². The maximum atomic E-state index is 10.3. The van der Waals surface area contributed by atoms with E-state index in [2.05, 4.69) is 0 Å². The molecule has 2 aromatic carbocycles. The maximum absolute atomic E-state index is 10.3.